The van der Waals surface area contributed by atoms with Crippen molar-refractivity contribution in [3.8, 4) is 0 Å². The molecule has 33 heavy (non-hydrogen) atoms. The molecule has 2 aromatic rings. The largest absolute Gasteiger partial charge is 0.387 e. The lowest BCUT2D eigenvalue weighted by Gasteiger charge is -2.43. The third kappa shape index (κ3) is 4.16. The van der Waals surface area contributed by atoms with Crippen LogP contribution in [0.5, 0.6) is 0 Å². The highest BCUT2D eigenvalue weighted by molar-refractivity contribution is 7.16. The number of likely N-dealkylation sites (N-methyl/N-ethyl adjacent to an activating group) is 1. The monoisotopic (exact) mass is 489 g/mol. The second-order valence-corrected chi connectivity index (χ2v) is 11.5. The fourth-order valence-electron chi connectivity index (χ4n) is 5.93. The summed E-state index contributed by atoms with van der Waals surface area (Å²) in [5, 5.41) is 10.4. The molecule has 5 atom stereocenters. The minimum Gasteiger partial charge on any atom is -0.387 e. The second-order valence-electron chi connectivity index (χ2n) is 9.79. The number of thiophene rings is 1. The molecule has 2 aromatic heterocycles. The smallest absolute Gasteiger partial charge is 0.232 e. The van der Waals surface area contributed by atoms with Crippen LogP contribution in [0.25, 0.3) is 0 Å². The van der Waals surface area contributed by atoms with E-state index in [1.165, 1.54) is 11.3 Å². The van der Waals surface area contributed by atoms with Crippen molar-refractivity contribution in [2.24, 2.45) is 0 Å². The quantitative estimate of drug-likeness (QED) is 0.706. The van der Waals surface area contributed by atoms with Crippen LogP contribution in [0.2, 0.25) is 4.34 Å². The molecule has 7 nitrogen and oxygen atoms in total. The first kappa shape index (κ1) is 23.0. The molecule has 0 bridgehead atoms. The summed E-state index contributed by atoms with van der Waals surface area (Å²) in [5.41, 5.74) is 1.83. The lowest BCUT2D eigenvalue weighted by Crippen LogP contribution is -2.56. The first-order valence-electron chi connectivity index (χ1n) is 11.9. The number of piperazine rings is 1. The Kier molecular flexibility index (Phi) is 6.37. The maximum atomic E-state index is 13.9. The maximum absolute atomic E-state index is 13.9. The molecule has 0 radical (unpaired) electrons. The molecule has 0 saturated carbocycles. The predicted molar refractivity (Wildman–Crippen MR) is 131 cm³/mol. The van der Waals surface area contributed by atoms with Crippen LogP contribution >= 0.6 is 22.9 Å². The minimum atomic E-state index is -0.517. The Morgan fingerprint density at radius 3 is 2.73 bits per heavy atom. The van der Waals surface area contributed by atoms with Gasteiger partial charge in [0.05, 0.1) is 22.1 Å². The van der Waals surface area contributed by atoms with Gasteiger partial charge in [0.2, 0.25) is 5.91 Å². The van der Waals surface area contributed by atoms with Gasteiger partial charge in [0.15, 0.2) is 0 Å². The van der Waals surface area contributed by atoms with Crippen LogP contribution in [0, 0.1) is 0 Å². The molecule has 9 heteroatoms. The van der Waals surface area contributed by atoms with E-state index in [4.69, 9.17) is 11.6 Å². The van der Waals surface area contributed by atoms with Crippen molar-refractivity contribution in [2.75, 3.05) is 38.1 Å². The van der Waals surface area contributed by atoms with Gasteiger partial charge in [0.25, 0.3) is 0 Å². The van der Waals surface area contributed by atoms with E-state index >= 15 is 0 Å². The number of rotatable bonds is 4. The standard InChI is InChI=1S/C24H32ClN5O2S/c1-14-11-17(31)22-20(14)23(27-13-26-22)30-10-9-29(12-15(30)2)24(32)21(16-5-4-8-28(16)3)18-6-7-19(25)33-18/h6-7,13-17,21,31H,4-5,8-12H2,1-3H3/t14-,15+,16+,17+,21-/m1/s1. The molecule has 1 N–H and O–H groups in total. The summed E-state index contributed by atoms with van der Waals surface area (Å²) in [6.07, 6.45) is 3.89. The van der Waals surface area contributed by atoms with Crippen molar-refractivity contribution in [1.29, 1.82) is 0 Å². The number of anilines is 1. The number of amides is 1. The maximum Gasteiger partial charge on any atom is 0.232 e. The van der Waals surface area contributed by atoms with Crippen LogP contribution < -0.4 is 4.90 Å². The molecule has 2 aliphatic heterocycles. The molecule has 178 valence electrons. The Hall–Kier alpha value is -1.74. The highest BCUT2D eigenvalue weighted by Crippen LogP contribution is 2.43. The van der Waals surface area contributed by atoms with Crippen molar-refractivity contribution < 1.29 is 9.90 Å². The van der Waals surface area contributed by atoms with Gasteiger partial charge in [-0.3, -0.25) is 4.79 Å². The molecule has 5 rings (SSSR count). The van der Waals surface area contributed by atoms with Gasteiger partial charge >= 0.3 is 0 Å². The summed E-state index contributed by atoms with van der Waals surface area (Å²) < 4.78 is 0.732. The minimum absolute atomic E-state index is 0.125. The summed E-state index contributed by atoms with van der Waals surface area (Å²) in [5.74, 6) is 1.17. The third-order valence-electron chi connectivity index (χ3n) is 7.62. The number of aromatic nitrogens is 2. The van der Waals surface area contributed by atoms with Crippen LogP contribution in [0.4, 0.5) is 5.82 Å². The van der Waals surface area contributed by atoms with Crippen LogP contribution in [-0.2, 0) is 4.79 Å². The van der Waals surface area contributed by atoms with E-state index in [0.29, 0.717) is 19.5 Å². The van der Waals surface area contributed by atoms with Crippen molar-refractivity contribution in [3.05, 3.63) is 38.9 Å². The lowest BCUT2D eigenvalue weighted by atomic mass is 9.93. The number of nitrogens with zero attached hydrogens (tertiary/aromatic N) is 5. The van der Waals surface area contributed by atoms with E-state index in [9.17, 15) is 9.90 Å². The van der Waals surface area contributed by atoms with Crippen LogP contribution in [-0.4, -0.2) is 76.1 Å². The van der Waals surface area contributed by atoms with E-state index < -0.39 is 6.10 Å². The van der Waals surface area contributed by atoms with E-state index in [2.05, 4.69) is 40.7 Å². The number of likely N-dealkylation sites (tertiary alicyclic amines) is 1. The fraction of sp³-hybridized carbons (Fsp3) is 0.625. The molecule has 0 spiro atoms. The van der Waals surface area contributed by atoms with Gasteiger partial charge in [0.1, 0.15) is 12.1 Å². The number of hydrogen-bond donors (Lipinski definition) is 1. The zero-order chi connectivity index (χ0) is 23.3. The highest BCUT2D eigenvalue weighted by atomic mass is 35.5. The molecule has 3 aliphatic rings. The van der Waals surface area contributed by atoms with Gasteiger partial charge in [-0.2, -0.15) is 0 Å². The summed E-state index contributed by atoms with van der Waals surface area (Å²) in [6, 6.07) is 4.27. The number of aliphatic hydroxyl groups excluding tert-OH is 1. The van der Waals surface area contributed by atoms with Crippen molar-refractivity contribution >= 4 is 34.7 Å². The summed E-state index contributed by atoms with van der Waals surface area (Å²) in [7, 11) is 2.12. The van der Waals surface area contributed by atoms with Crippen molar-refractivity contribution in [2.45, 2.75) is 63.1 Å². The number of aliphatic hydroxyl groups is 1. The number of carbonyl (C=O) groups is 1. The van der Waals surface area contributed by atoms with E-state index in [1.807, 2.05) is 17.0 Å². The van der Waals surface area contributed by atoms with Crippen molar-refractivity contribution in [3.63, 3.8) is 0 Å². The Labute approximate surface area is 204 Å². The molecule has 2 saturated heterocycles. The normalized spacial score (nSPS) is 28.9. The fourth-order valence-corrected chi connectivity index (χ4v) is 7.14. The second kappa shape index (κ2) is 9.13. The molecule has 0 aromatic carbocycles. The SMILES string of the molecule is C[C@@H]1C[C@H](O)c2ncnc(N3CCN(C(=O)[C@@H](c4ccc(Cl)s4)[C@@H]4CCCN4C)C[C@@H]3C)c21. The van der Waals surface area contributed by atoms with E-state index in [1.54, 1.807) is 6.33 Å². The Morgan fingerprint density at radius 1 is 1.24 bits per heavy atom. The van der Waals surface area contributed by atoms with Gasteiger partial charge in [-0.05, 0) is 57.8 Å². The Bertz CT molecular complexity index is 1030. The number of halogens is 1. The zero-order valence-electron chi connectivity index (χ0n) is 19.4. The molecule has 1 aliphatic carbocycles. The molecule has 1 amide bonds. The Morgan fingerprint density at radius 2 is 2.06 bits per heavy atom. The van der Waals surface area contributed by atoms with Crippen LogP contribution in [0.3, 0.4) is 0 Å². The van der Waals surface area contributed by atoms with Gasteiger partial charge in [-0.15, -0.1) is 11.3 Å². The van der Waals surface area contributed by atoms with Crippen molar-refractivity contribution in [1.82, 2.24) is 19.8 Å². The Balaban J connectivity index is 1.37. The lowest BCUT2D eigenvalue weighted by molar-refractivity contribution is -0.134. The van der Waals surface area contributed by atoms with E-state index in [0.717, 1.165) is 52.2 Å². The molecular formula is C24H32ClN5O2S. The zero-order valence-corrected chi connectivity index (χ0v) is 21.0. The highest BCUT2D eigenvalue weighted by Gasteiger charge is 2.41. The topological polar surface area (TPSA) is 72.8 Å². The van der Waals surface area contributed by atoms with E-state index in [-0.39, 0.29) is 29.8 Å². The average molecular weight is 490 g/mol. The summed E-state index contributed by atoms with van der Waals surface area (Å²) >= 11 is 7.79. The first-order chi connectivity index (χ1) is 15.8. The average Bonchev–Trinajstić information content (AvgIpc) is 3.48. The number of fused-ring (bicyclic) bond motifs is 1. The number of hydrogen-bond acceptors (Lipinski definition) is 7. The first-order valence-corrected chi connectivity index (χ1v) is 13.1. The van der Waals surface area contributed by atoms with Gasteiger partial charge in [-0.1, -0.05) is 18.5 Å². The summed E-state index contributed by atoms with van der Waals surface area (Å²) in [4.78, 5) is 30.6. The van der Waals surface area contributed by atoms with Gasteiger partial charge < -0.3 is 19.8 Å². The molecule has 2 fully saturated rings. The predicted octanol–water partition coefficient (Wildman–Crippen LogP) is 3.65. The number of carbonyl (C=O) groups excluding carboxylic acids is 1. The summed E-state index contributed by atoms with van der Waals surface area (Å²) in [6.45, 7) is 7.34. The van der Waals surface area contributed by atoms with Gasteiger partial charge in [-0.25, -0.2) is 9.97 Å². The molecule has 0 unspecified atom stereocenters. The third-order valence-corrected chi connectivity index (χ3v) is 8.93. The molecular weight excluding hydrogens is 458 g/mol. The van der Waals surface area contributed by atoms with Gasteiger partial charge in [0, 0.05) is 42.2 Å². The molecule has 4 heterocycles. The van der Waals surface area contributed by atoms with Crippen LogP contribution in [0.15, 0.2) is 18.5 Å². The van der Waals surface area contributed by atoms with Crippen LogP contribution in [0.1, 0.15) is 67.2 Å².